The maximum atomic E-state index is 9.77. The average molecular weight is 326 g/mol. The fraction of sp³-hybridized carbons (Fsp3) is 0.263. The van der Waals surface area contributed by atoms with Crippen LogP contribution in [-0.2, 0) is 0 Å². The third kappa shape index (κ3) is 4.84. The van der Waals surface area contributed by atoms with Gasteiger partial charge < -0.3 is 14.6 Å². The SMILES string of the molecule is COc1ccc(C)c(C=NCCN=Cc2cc(OC)ccc2O)c1. The van der Waals surface area contributed by atoms with Gasteiger partial charge in [-0.3, -0.25) is 9.98 Å². The first-order valence-corrected chi connectivity index (χ1v) is 7.65. The maximum Gasteiger partial charge on any atom is 0.124 e. The number of methoxy groups -OCH3 is 2. The van der Waals surface area contributed by atoms with Crippen LogP contribution >= 0.6 is 0 Å². The van der Waals surface area contributed by atoms with E-state index >= 15 is 0 Å². The standard InChI is InChI=1S/C19H22N2O3/c1-14-4-5-17(23-2)10-15(14)12-20-8-9-21-13-16-11-18(24-3)6-7-19(16)22/h4-7,10-13,22H,8-9H2,1-3H3. The number of hydrogen-bond donors (Lipinski definition) is 1. The Morgan fingerprint density at radius 1 is 0.875 bits per heavy atom. The van der Waals surface area contributed by atoms with Crippen molar-refractivity contribution in [3.63, 3.8) is 0 Å². The Kier molecular flexibility index (Phi) is 6.37. The van der Waals surface area contributed by atoms with Crippen molar-refractivity contribution >= 4 is 12.4 Å². The van der Waals surface area contributed by atoms with Gasteiger partial charge >= 0.3 is 0 Å². The summed E-state index contributed by atoms with van der Waals surface area (Å²) in [5.74, 6) is 1.67. The molecule has 0 saturated heterocycles. The van der Waals surface area contributed by atoms with Crippen molar-refractivity contribution in [3.05, 3.63) is 53.1 Å². The highest BCUT2D eigenvalue weighted by Gasteiger charge is 2.00. The van der Waals surface area contributed by atoms with E-state index in [1.807, 2.05) is 31.3 Å². The Balaban J connectivity index is 1.91. The van der Waals surface area contributed by atoms with Crippen LogP contribution in [0.3, 0.4) is 0 Å². The lowest BCUT2D eigenvalue weighted by molar-refractivity contribution is 0.412. The number of ether oxygens (including phenoxy) is 2. The molecule has 0 fully saturated rings. The molecule has 0 unspecified atom stereocenters. The fourth-order valence-corrected chi connectivity index (χ4v) is 2.09. The van der Waals surface area contributed by atoms with Crippen molar-refractivity contribution in [2.75, 3.05) is 27.3 Å². The van der Waals surface area contributed by atoms with Gasteiger partial charge in [-0.15, -0.1) is 0 Å². The first kappa shape index (κ1) is 17.5. The number of hydrogen-bond acceptors (Lipinski definition) is 5. The van der Waals surface area contributed by atoms with Gasteiger partial charge in [-0.25, -0.2) is 0 Å². The minimum Gasteiger partial charge on any atom is -0.507 e. The van der Waals surface area contributed by atoms with Gasteiger partial charge in [0, 0.05) is 18.0 Å². The van der Waals surface area contributed by atoms with Gasteiger partial charge in [0.1, 0.15) is 17.2 Å². The summed E-state index contributed by atoms with van der Waals surface area (Å²) in [6.07, 6.45) is 3.46. The van der Waals surface area contributed by atoms with Crippen molar-refractivity contribution in [1.29, 1.82) is 0 Å². The van der Waals surface area contributed by atoms with Crippen LogP contribution < -0.4 is 9.47 Å². The third-order valence-corrected chi connectivity index (χ3v) is 3.54. The molecule has 0 spiro atoms. The van der Waals surface area contributed by atoms with Crippen LogP contribution in [0.25, 0.3) is 0 Å². The van der Waals surface area contributed by atoms with Gasteiger partial charge in [0.05, 0.1) is 27.3 Å². The second-order valence-electron chi connectivity index (χ2n) is 5.22. The number of phenols is 1. The fourth-order valence-electron chi connectivity index (χ4n) is 2.09. The van der Waals surface area contributed by atoms with E-state index in [0.29, 0.717) is 24.4 Å². The van der Waals surface area contributed by atoms with E-state index in [-0.39, 0.29) is 5.75 Å². The highest BCUT2D eigenvalue weighted by Crippen LogP contribution is 2.21. The smallest absolute Gasteiger partial charge is 0.124 e. The molecule has 2 aromatic rings. The minimum absolute atomic E-state index is 0.176. The topological polar surface area (TPSA) is 63.4 Å². The molecular weight excluding hydrogens is 304 g/mol. The molecule has 0 aliphatic carbocycles. The summed E-state index contributed by atoms with van der Waals surface area (Å²) in [7, 11) is 3.23. The second-order valence-corrected chi connectivity index (χ2v) is 5.22. The van der Waals surface area contributed by atoms with Gasteiger partial charge in [-0.05, 0) is 48.4 Å². The molecule has 0 bridgehead atoms. The number of rotatable bonds is 7. The molecule has 0 saturated carbocycles. The Morgan fingerprint density at radius 3 is 2.04 bits per heavy atom. The molecule has 2 aromatic carbocycles. The quantitative estimate of drug-likeness (QED) is 0.627. The van der Waals surface area contributed by atoms with Gasteiger partial charge in [-0.2, -0.15) is 0 Å². The van der Waals surface area contributed by atoms with Gasteiger partial charge in [0.25, 0.3) is 0 Å². The summed E-state index contributed by atoms with van der Waals surface area (Å²) >= 11 is 0. The summed E-state index contributed by atoms with van der Waals surface area (Å²) in [4.78, 5) is 8.67. The van der Waals surface area contributed by atoms with Crippen LogP contribution in [-0.4, -0.2) is 44.8 Å². The zero-order valence-electron chi connectivity index (χ0n) is 14.2. The summed E-state index contributed by atoms with van der Waals surface area (Å²) < 4.78 is 10.3. The number of aliphatic imine (C=N–C) groups is 2. The first-order valence-electron chi connectivity index (χ1n) is 7.65. The van der Waals surface area contributed by atoms with Gasteiger partial charge in [0.15, 0.2) is 0 Å². The lowest BCUT2D eigenvalue weighted by atomic mass is 10.1. The zero-order valence-corrected chi connectivity index (χ0v) is 14.2. The summed E-state index contributed by atoms with van der Waals surface area (Å²) in [5.41, 5.74) is 2.80. The largest absolute Gasteiger partial charge is 0.507 e. The van der Waals surface area contributed by atoms with Crippen molar-refractivity contribution in [3.8, 4) is 17.2 Å². The molecular formula is C19H22N2O3. The predicted octanol–water partition coefficient (Wildman–Crippen LogP) is 3.26. The van der Waals surface area contributed by atoms with E-state index in [2.05, 4.69) is 9.98 Å². The first-order chi connectivity index (χ1) is 11.6. The summed E-state index contributed by atoms with van der Waals surface area (Å²) in [6, 6.07) is 10.9. The summed E-state index contributed by atoms with van der Waals surface area (Å²) in [6.45, 7) is 3.14. The van der Waals surface area contributed by atoms with E-state index in [4.69, 9.17) is 9.47 Å². The number of aromatic hydroxyl groups is 1. The molecule has 2 rings (SSSR count). The highest BCUT2D eigenvalue weighted by molar-refractivity contribution is 5.84. The lowest BCUT2D eigenvalue weighted by Gasteiger charge is -2.04. The third-order valence-electron chi connectivity index (χ3n) is 3.54. The second kappa shape index (κ2) is 8.72. The Labute approximate surface area is 142 Å². The van der Waals surface area contributed by atoms with Gasteiger partial charge in [-0.1, -0.05) is 6.07 Å². The van der Waals surface area contributed by atoms with E-state index in [0.717, 1.165) is 16.9 Å². The number of nitrogens with zero attached hydrogens (tertiary/aromatic N) is 2. The molecule has 0 amide bonds. The molecule has 5 heteroatoms. The molecule has 0 radical (unpaired) electrons. The van der Waals surface area contributed by atoms with E-state index in [1.54, 1.807) is 38.6 Å². The van der Waals surface area contributed by atoms with Crippen LogP contribution in [0.4, 0.5) is 0 Å². The number of benzene rings is 2. The van der Waals surface area contributed by atoms with Crippen molar-refractivity contribution < 1.29 is 14.6 Å². The van der Waals surface area contributed by atoms with Crippen LogP contribution in [0.2, 0.25) is 0 Å². The van der Waals surface area contributed by atoms with Gasteiger partial charge in [0.2, 0.25) is 0 Å². The zero-order chi connectivity index (χ0) is 17.4. The number of aryl methyl sites for hydroxylation is 1. The molecule has 1 N–H and O–H groups in total. The molecule has 24 heavy (non-hydrogen) atoms. The maximum absolute atomic E-state index is 9.77. The van der Waals surface area contributed by atoms with Crippen molar-refractivity contribution in [2.45, 2.75) is 6.92 Å². The average Bonchev–Trinajstić information content (AvgIpc) is 2.60. The molecule has 0 atom stereocenters. The monoisotopic (exact) mass is 326 g/mol. The molecule has 5 nitrogen and oxygen atoms in total. The van der Waals surface area contributed by atoms with E-state index in [9.17, 15) is 5.11 Å². The normalized spacial score (nSPS) is 11.3. The van der Waals surface area contributed by atoms with Crippen LogP contribution in [0.15, 0.2) is 46.4 Å². The molecule has 0 aliphatic heterocycles. The number of phenolic OH excluding ortho intramolecular Hbond substituents is 1. The molecule has 0 aliphatic rings. The Morgan fingerprint density at radius 2 is 1.42 bits per heavy atom. The van der Waals surface area contributed by atoms with Crippen LogP contribution in [0, 0.1) is 6.92 Å². The van der Waals surface area contributed by atoms with Crippen LogP contribution in [0.1, 0.15) is 16.7 Å². The molecule has 0 heterocycles. The highest BCUT2D eigenvalue weighted by atomic mass is 16.5. The summed E-state index contributed by atoms with van der Waals surface area (Å²) in [5, 5.41) is 9.77. The molecule has 126 valence electrons. The lowest BCUT2D eigenvalue weighted by Crippen LogP contribution is -1.94. The predicted molar refractivity (Wildman–Crippen MR) is 97.3 cm³/mol. The van der Waals surface area contributed by atoms with E-state index in [1.165, 1.54) is 0 Å². The van der Waals surface area contributed by atoms with Crippen molar-refractivity contribution in [1.82, 2.24) is 0 Å². The Hall–Kier alpha value is -2.82. The van der Waals surface area contributed by atoms with Crippen LogP contribution in [0.5, 0.6) is 17.2 Å². The molecule has 0 aromatic heterocycles. The Bertz CT molecular complexity index is 676. The minimum atomic E-state index is 0.176. The van der Waals surface area contributed by atoms with E-state index < -0.39 is 0 Å². The van der Waals surface area contributed by atoms with Crippen molar-refractivity contribution in [2.24, 2.45) is 9.98 Å².